The third-order valence-corrected chi connectivity index (χ3v) is 3.18. The molecule has 5 nitrogen and oxygen atoms in total. The van der Waals surface area contributed by atoms with Crippen molar-refractivity contribution in [3.8, 4) is 10.7 Å². The number of hydrogen-bond acceptors (Lipinski definition) is 5. The highest BCUT2D eigenvalue weighted by molar-refractivity contribution is 7.13. The molecule has 90 valence electrons. The smallest absolute Gasteiger partial charge is 0.246 e. The molecule has 2 aromatic heterocycles. The minimum absolute atomic E-state index is 0.0564. The highest BCUT2D eigenvalue weighted by atomic mass is 32.1. The van der Waals surface area contributed by atoms with E-state index >= 15 is 0 Å². The molecule has 0 radical (unpaired) electrons. The lowest BCUT2D eigenvalue weighted by atomic mass is 10.4. The molecule has 0 aliphatic carbocycles. The fourth-order valence-corrected chi connectivity index (χ4v) is 2.04. The van der Waals surface area contributed by atoms with Crippen molar-refractivity contribution in [2.45, 2.75) is 19.9 Å². The van der Waals surface area contributed by atoms with E-state index in [1.165, 1.54) is 0 Å². The van der Waals surface area contributed by atoms with Gasteiger partial charge in [0.25, 0.3) is 0 Å². The normalized spacial score (nSPS) is 10.5. The van der Waals surface area contributed by atoms with E-state index in [1.807, 2.05) is 24.4 Å². The fraction of sp³-hybridized carbons (Fsp3) is 0.364. The van der Waals surface area contributed by atoms with Crippen LogP contribution in [0.2, 0.25) is 0 Å². The minimum Gasteiger partial charge on any atom is -0.337 e. The number of carbonyl (C=O) groups excluding carboxylic acids is 1. The zero-order valence-electron chi connectivity index (χ0n) is 9.71. The lowest BCUT2D eigenvalue weighted by Gasteiger charge is -2.12. The Hall–Kier alpha value is -1.69. The topological polar surface area (TPSA) is 59.2 Å². The summed E-state index contributed by atoms with van der Waals surface area (Å²) in [6.45, 7) is 2.18. The lowest BCUT2D eigenvalue weighted by molar-refractivity contribution is -0.130. The van der Waals surface area contributed by atoms with Crippen molar-refractivity contribution in [1.29, 1.82) is 0 Å². The summed E-state index contributed by atoms with van der Waals surface area (Å²) in [6.07, 6.45) is 0.475. The summed E-state index contributed by atoms with van der Waals surface area (Å²) in [5, 5.41) is 5.84. The number of nitrogens with zero attached hydrogens (tertiary/aromatic N) is 3. The number of thiophene rings is 1. The average Bonchev–Trinajstić information content (AvgIpc) is 2.97. The number of aromatic nitrogens is 2. The maximum Gasteiger partial charge on any atom is 0.246 e. The van der Waals surface area contributed by atoms with Crippen LogP contribution in [0, 0.1) is 0 Å². The summed E-state index contributed by atoms with van der Waals surface area (Å²) in [7, 11) is 1.72. The molecule has 0 bridgehead atoms. The van der Waals surface area contributed by atoms with E-state index in [9.17, 15) is 4.79 Å². The van der Waals surface area contributed by atoms with E-state index in [-0.39, 0.29) is 5.91 Å². The minimum atomic E-state index is 0.0564. The monoisotopic (exact) mass is 251 g/mol. The number of rotatable bonds is 4. The Morgan fingerprint density at radius 1 is 1.59 bits per heavy atom. The quantitative estimate of drug-likeness (QED) is 0.835. The van der Waals surface area contributed by atoms with Gasteiger partial charge in [-0.1, -0.05) is 18.1 Å². The molecule has 0 aliphatic heterocycles. The predicted molar refractivity (Wildman–Crippen MR) is 64.4 cm³/mol. The Morgan fingerprint density at radius 3 is 3.06 bits per heavy atom. The maximum absolute atomic E-state index is 11.4. The molecule has 0 aromatic carbocycles. The van der Waals surface area contributed by atoms with Crippen molar-refractivity contribution in [3.05, 3.63) is 23.4 Å². The van der Waals surface area contributed by atoms with Crippen LogP contribution in [0.5, 0.6) is 0 Å². The first-order chi connectivity index (χ1) is 8.20. The zero-order chi connectivity index (χ0) is 12.3. The Balaban J connectivity index is 2.06. The van der Waals surface area contributed by atoms with Gasteiger partial charge in [-0.3, -0.25) is 4.79 Å². The molecule has 0 saturated heterocycles. The molecule has 2 aromatic rings. The SMILES string of the molecule is CCC(=O)N(C)Cc1nc(-c2cccs2)no1. The van der Waals surface area contributed by atoms with E-state index in [0.717, 1.165) is 4.88 Å². The Kier molecular flexibility index (Phi) is 3.53. The van der Waals surface area contributed by atoms with Gasteiger partial charge in [0.1, 0.15) is 0 Å². The van der Waals surface area contributed by atoms with Crippen molar-refractivity contribution in [1.82, 2.24) is 15.0 Å². The molecule has 2 rings (SSSR count). The molecule has 0 fully saturated rings. The average molecular weight is 251 g/mol. The van der Waals surface area contributed by atoms with Crippen LogP contribution in [0.3, 0.4) is 0 Å². The van der Waals surface area contributed by atoms with E-state index in [1.54, 1.807) is 23.3 Å². The second-order valence-electron chi connectivity index (χ2n) is 3.59. The van der Waals surface area contributed by atoms with Crippen LogP contribution in [-0.4, -0.2) is 28.0 Å². The van der Waals surface area contributed by atoms with E-state index < -0.39 is 0 Å². The molecular formula is C11H13N3O2S. The summed E-state index contributed by atoms with van der Waals surface area (Å²) in [5.74, 6) is 1.09. The van der Waals surface area contributed by atoms with Gasteiger partial charge in [0.15, 0.2) is 0 Å². The van der Waals surface area contributed by atoms with E-state index in [2.05, 4.69) is 10.1 Å². The first-order valence-electron chi connectivity index (χ1n) is 5.31. The zero-order valence-corrected chi connectivity index (χ0v) is 10.5. The van der Waals surface area contributed by atoms with Crippen LogP contribution >= 0.6 is 11.3 Å². The first-order valence-corrected chi connectivity index (χ1v) is 6.19. The van der Waals surface area contributed by atoms with Gasteiger partial charge >= 0.3 is 0 Å². The van der Waals surface area contributed by atoms with Gasteiger partial charge in [-0.25, -0.2) is 0 Å². The lowest BCUT2D eigenvalue weighted by Crippen LogP contribution is -2.25. The molecule has 0 saturated carbocycles. The predicted octanol–water partition coefficient (Wildman–Crippen LogP) is 2.17. The summed E-state index contributed by atoms with van der Waals surface area (Å²) in [5.41, 5.74) is 0. The van der Waals surface area contributed by atoms with Gasteiger partial charge in [-0.05, 0) is 11.4 Å². The largest absolute Gasteiger partial charge is 0.337 e. The molecule has 0 spiro atoms. The van der Waals surface area contributed by atoms with Crippen LogP contribution in [0.1, 0.15) is 19.2 Å². The first kappa shape index (κ1) is 11.8. The van der Waals surface area contributed by atoms with Gasteiger partial charge in [-0.15, -0.1) is 11.3 Å². The molecule has 2 heterocycles. The van der Waals surface area contributed by atoms with Crippen molar-refractivity contribution in [3.63, 3.8) is 0 Å². The second-order valence-corrected chi connectivity index (χ2v) is 4.54. The fourth-order valence-electron chi connectivity index (χ4n) is 1.39. The standard InChI is InChI=1S/C11H13N3O2S/c1-3-10(15)14(2)7-9-12-11(13-16-9)8-5-4-6-17-8/h4-6H,3,7H2,1-2H3. The van der Waals surface area contributed by atoms with Crippen LogP contribution in [0.15, 0.2) is 22.0 Å². The van der Waals surface area contributed by atoms with Crippen LogP contribution < -0.4 is 0 Å². The van der Waals surface area contributed by atoms with Gasteiger partial charge < -0.3 is 9.42 Å². The van der Waals surface area contributed by atoms with E-state index in [0.29, 0.717) is 24.7 Å². The molecule has 17 heavy (non-hydrogen) atoms. The Bertz CT molecular complexity index is 493. The van der Waals surface area contributed by atoms with E-state index in [4.69, 9.17) is 4.52 Å². The molecule has 0 atom stereocenters. The molecule has 0 aliphatic rings. The van der Waals surface area contributed by atoms with Crippen LogP contribution in [0.4, 0.5) is 0 Å². The summed E-state index contributed by atoms with van der Waals surface area (Å²) >= 11 is 1.55. The number of amides is 1. The van der Waals surface area contributed by atoms with Crippen molar-refractivity contribution in [2.75, 3.05) is 7.05 Å². The highest BCUT2D eigenvalue weighted by Crippen LogP contribution is 2.21. The van der Waals surface area contributed by atoms with Gasteiger partial charge in [-0.2, -0.15) is 4.98 Å². The molecule has 1 amide bonds. The van der Waals surface area contributed by atoms with Gasteiger partial charge in [0.05, 0.1) is 11.4 Å². The van der Waals surface area contributed by atoms with Gasteiger partial charge in [0.2, 0.25) is 17.6 Å². The summed E-state index contributed by atoms with van der Waals surface area (Å²) in [6, 6.07) is 3.86. The van der Waals surface area contributed by atoms with Crippen molar-refractivity contribution >= 4 is 17.2 Å². The third kappa shape index (κ3) is 2.71. The molecule has 6 heteroatoms. The number of carbonyl (C=O) groups is 1. The molecule has 0 N–H and O–H groups in total. The van der Waals surface area contributed by atoms with Crippen molar-refractivity contribution in [2.24, 2.45) is 0 Å². The Morgan fingerprint density at radius 2 is 2.41 bits per heavy atom. The number of hydrogen-bond donors (Lipinski definition) is 0. The second kappa shape index (κ2) is 5.09. The van der Waals surface area contributed by atoms with Crippen molar-refractivity contribution < 1.29 is 9.32 Å². The van der Waals surface area contributed by atoms with Crippen LogP contribution in [-0.2, 0) is 11.3 Å². The van der Waals surface area contributed by atoms with Gasteiger partial charge in [0, 0.05) is 13.5 Å². The van der Waals surface area contributed by atoms with Crippen LogP contribution in [0.25, 0.3) is 10.7 Å². The molecular weight excluding hydrogens is 238 g/mol. The highest BCUT2D eigenvalue weighted by Gasteiger charge is 2.13. The summed E-state index contributed by atoms with van der Waals surface area (Å²) < 4.78 is 5.11. The maximum atomic E-state index is 11.4. The third-order valence-electron chi connectivity index (χ3n) is 2.31. The summed E-state index contributed by atoms with van der Waals surface area (Å²) in [4.78, 5) is 18.2. The Labute approximate surface area is 103 Å². The molecule has 0 unspecified atom stereocenters.